The molecule has 0 fully saturated rings. The molecule has 0 saturated carbocycles. The first-order valence-electron chi connectivity index (χ1n) is 9.73. The van der Waals surface area contributed by atoms with E-state index in [2.05, 4.69) is 20.7 Å². The molecule has 4 rings (SSSR count). The Bertz CT molecular complexity index is 1030. The predicted molar refractivity (Wildman–Crippen MR) is 109 cm³/mol. The molecule has 164 valence electrons. The molecule has 2 atom stereocenters. The first-order valence-corrected chi connectivity index (χ1v) is 10.1. The number of alkyl halides is 3. The van der Waals surface area contributed by atoms with E-state index in [4.69, 9.17) is 11.6 Å². The Morgan fingerprint density at radius 3 is 2.74 bits per heavy atom. The number of aromatic nitrogens is 4. The molecule has 1 aliphatic rings. The van der Waals surface area contributed by atoms with Crippen molar-refractivity contribution in [2.45, 2.75) is 37.6 Å². The number of anilines is 1. The predicted octanol–water partition coefficient (Wildman–Crippen LogP) is 4.21. The average molecular weight is 453 g/mol. The summed E-state index contributed by atoms with van der Waals surface area (Å²) in [6.45, 7) is 1.03. The molecule has 0 spiro atoms. The molecule has 1 aliphatic heterocycles. The molecular formula is C20H20ClF3N6O. The molecular weight excluding hydrogens is 433 g/mol. The second-order valence-electron chi connectivity index (χ2n) is 7.31. The van der Waals surface area contributed by atoms with Gasteiger partial charge in [0.15, 0.2) is 11.7 Å². The standard InChI is InChI=1S/C20H20ClF3N6O/c21-14-4-2-13(3-5-14)15-10-17(20(22,23)24)30-18(27-15)11-16(28-30)19(31)26-6-1-8-29-9-7-25-12-29/h2-5,7,9,11-12,15,17,27H,1,6,8,10H2,(H,26,31). The number of hydrogen-bond donors (Lipinski definition) is 2. The normalized spacial score (nSPS) is 18.3. The lowest BCUT2D eigenvalue weighted by molar-refractivity contribution is -0.173. The maximum absolute atomic E-state index is 13.7. The molecule has 0 bridgehead atoms. The van der Waals surface area contributed by atoms with Crippen molar-refractivity contribution in [3.05, 3.63) is 65.3 Å². The average Bonchev–Trinajstić information content (AvgIpc) is 3.39. The third-order valence-electron chi connectivity index (χ3n) is 5.13. The van der Waals surface area contributed by atoms with Crippen LogP contribution < -0.4 is 10.6 Å². The number of nitrogens with zero attached hydrogens (tertiary/aromatic N) is 4. The van der Waals surface area contributed by atoms with Crippen LogP contribution in [0.25, 0.3) is 0 Å². The minimum atomic E-state index is -4.51. The fourth-order valence-corrected chi connectivity index (χ4v) is 3.70. The molecule has 0 saturated heterocycles. The Balaban J connectivity index is 1.48. The van der Waals surface area contributed by atoms with Gasteiger partial charge in [0, 0.05) is 43.0 Å². The van der Waals surface area contributed by atoms with Gasteiger partial charge in [-0.2, -0.15) is 18.3 Å². The number of benzene rings is 1. The molecule has 2 aromatic heterocycles. The Kier molecular flexibility index (Phi) is 5.90. The van der Waals surface area contributed by atoms with E-state index >= 15 is 0 Å². The number of carbonyl (C=O) groups is 1. The number of fused-ring (bicyclic) bond motifs is 1. The van der Waals surface area contributed by atoms with Gasteiger partial charge in [-0.1, -0.05) is 23.7 Å². The van der Waals surface area contributed by atoms with Crippen molar-refractivity contribution in [3.63, 3.8) is 0 Å². The summed E-state index contributed by atoms with van der Waals surface area (Å²) >= 11 is 5.89. The molecule has 3 aromatic rings. The summed E-state index contributed by atoms with van der Waals surface area (Å²) in [6, 6.07) is 5.57. The quantitative estimate of drug-likeness (QED) is 0.549. The molecule has 2 unspecified atom stereocenters. The fraction of sp³-hybridized carbons (Fsp3) is 0.350. The van der Waals surface area contributed by atoms with E-state index in [1.54, 1.807) is 36.8 Å². The van der Waals surface area contributed by atoms with Crippen molar-refractivity contribution in [3.8, 4) is 0 Å². The van der Waals surface area contributed by atoms with Crippen LogP contribution in [0.1, 0.15) is 41.0 Å². The van der Waals surface area contributed by atoms with Crippen LogP contribution in [0, 0.1) is 0 Å². The zero-order valence-electron chi connectivity index (χ0n) is 16.3. The van der Waals surface area contributed by atoms with Gasteiger partial charge < -0.3 is 15.2 Å². The number of carbonyl (C=O) groups excluding carboxylic acids is 1. The lowest BCUT2D eigenvalue weighted by Gasteiger charge is -2.33. The molecule has 31 heavy (non-hydrogen) atoms. The monoisotopic (exact) mass is 452 g/mol. The number of halogens is 4. The first kappa shape index (κ1) is 21.2. The Labute approximate surface area is 181 Å². The highest BCUT2D eigenvalue weighted by atomic mass is 35.5. The zero-order chi connectivity index (χ0) is 22.0. The number of aryl methyl sites for hydroxylation is 1. The number of amides is 1. The summed E-state index contributed by atoms with van der Waals surface area (Å²) < 4.78 is 44.0. The lowest BCUT2D eigenvalue weighted by atomic mass is 9.97. The lowest BCUT2D eigenvalue weighted by Crippen LogP contribution is -2.35. The summed E-state index contributed by atoms with van der Waals surface area (Å²) in [7, 11) is 0. The highest BCUT2D eigenvalue weighted by Crippen LogP contribution is 2.43. The van der Waals surface area contributed by atoms with Crippen molar-refractivity contribution in [1.82, 2.24) is 24.6 Å². The van der Waals surface area contributed by atoms with Gasteiger partial charge in [-0.05, 0) is 24.1 Å². The van der Waals surface area contributed by atoms with Gasteiger partial charge in [-0.25, -0.2) is 9.67 Å². The van der Waals surface area contributed by atoms with E-state index < -0.39 is 24.2 Å². The number of rotatable bonds is 6. The Morgan fingerprint density at radius 2 is 2.06 bits per heavy atom. The Morgan fingerprint density at radius 1 is 1.29 bits per heavy atom. The van der Waals surface area contributed by atoms with Crippen LogP contribution in [0.2, 0.25) is 5.02 Å². The van der Waals surface area contributed by atoms with E-state index in [0.717, 1.165) is 4.68 Å². The first-order chi connectivity index (χ1) is 14.8. The van der Waals surface area contributed by atoms with Crippen molar-refractivity contribution in [1.29, 1.82) is 0 Å². The smallest absolute Gasteiger partial charge is 0.363 e. The van der Waals surface area contributed by atoms with Crippen LogP contribution >= 0.6 is 11.6 Å². The highest BCUT2D eigenvalue weighted by Gasteiger charge is 2.46. The van der Waals surface area contributed by atoms with Crippen molar-refractivity contribution >= 4 is 23.3 Å². The minimum absolute atomic E-state index is 0.0591. The maximum Gasteiger partial charge on any atom is 0.410 e. The van der Waals surface area contributed by atoms with Crippen LogP contribution in [0.5, 0.6) is 0 Å². The summed E-state index contributed by atoms with van der Waals surface area (Å²) in [6.07, 6.45) is 1.04. The summed E-state index contributed by atoms with van der Waals surface area (Å²) in [5.74, 6) is -0.365. The maximum atomic E-state index is 13.7. The van der Waals surface area contributed by atoms with Gasteiger partial charge in [-0.15, -0.1) is 0 Å². The molecule has 11 heteroatoms. The largest absolute Gasteiger partial charge is 0.410 e. The van der Waals surface area contributed by atoms with E-state index in [9.17, 15) is 18.0 Å². The van der Waals surface area contributed by atoms with Crippen molar-refractivity contribution in [2.75, 3.05) is 11.9 Å². The Hall–Kier alpha value is -3.01. The van der Waals surface area contributed by atoms with Crippen molar-refractivity contribution in [2.24, 2.45) is 0 Å². The molecule has 7 nitrogen and oxygen atoms in total. The molecule has 1 aromatic carbocycles. The van der Waals surface area contributed by atoms with E-state index in [-0.39, 0.29) is 17.9 Å². The number of imidazole rings is 1. The van der Waals surface area contributed by atoms with Gasteiger partial charge in [0.25, 0.3) is 5.91 Å². The van der Waals surface area contributed by atoms with E-state index in [1.165, 1.54) is 6.07 Å². The summed E-state index contributed by atoms with van der Waals surface area (Å²) in [5.41, 5.74) is 0.618. The summed E-state index contributed by atoms with van der Waals surface area (Å²) in [4.78, 5) is 16.4. The minimum Gasteiger partial charge on any atom is -0.363 e. The third kappa shape index (κ3) is 4.84. The van der Waals surface area contributed by atoms with Crippen LogP contribution in [0.4, 0.5) is 19.0 Å². The van der Waals surface area contributed by atoms with Gasteiger partial charge in [-0.3, -0.25) is 4.79 Å². The molecule has 1 amide bonds. The SMILES string of the molecule is O=C(NCCCn1ccnc1)c1cc2n(n1)C(C(F)(F)F)CC(c1ccc(Cl)cc1)N2. The van der Waals surface area contributed by atoms with E-state index in [0.29, 0.717) is 30.1 Å². The van der Waals surface area contributed by atoms with Gasteiger partial charge in [0.05, 0.1) is 12.4 Å². The fourth-order valence-electron chi connectivity index (χ4n) is 3.57. The van der Waals surface area contributed by atoms with Gasteiger partial charge >= 0.3 is 6.18 Å². The molecule has 0 aliphatic carbocycles. The molecule has 3 heterocycles. The third-order valence-corrected chi connectivity index (χ3v) is 5.38. The molecule has 2 N–H and O–H groups in total. The highest BCUT2D eigenvalue weighted by molar-refractivity contribution is 6.30. The second kappa shape index (κ2) is 8.62. The van der Waals surface area contributed by atoms with Gasteiger partial charge in [0.2, 0.25) is 0 Å². The van der Waals surface area contributed by atoms with Crippen LogP contribution in [-0.2, 0) is 6.54 Å². The van der Waals surface area contributed by atoms with E-state index in [1.807, 2.05) is 10.8 Å². The topological polar surface area (TPSA) is 76.8 Å². The number of nitrogens with one attached hydrogen (secondary N) is 2. The second-order valence-corrected chi connectivity index (χ2v) is 7.75. The summed E-state index contributed by atoms with van der Waals surface area (Å²) in [5, 5.41) is 10.2. The van der Waals surface area contributed by atoms with Crippen molar-refractivity contribution < 1.29 is 18.0 Å². The van der Waals surface area contributed by atoms with Crippen LogP contribution in [0.3, 0.4) is 0 Å². The van der Waals surface area contributed by atoms with Crippen LogP contribution in [0.15, 0.2) is 49.1 Å². The van der Waals surface area contributed by atoms with Gasteiger partial charge in [0.1, 0.15) is 5.82 Å². The van der Waals surface area contributed by atoms with Crippen LogP contribution in [-0.4, -0.2) is 38.0 Å². The number of hydrogen-bond acceptors (Lipinski definition) is 4. The zero-order valence-corrected chi connectivity index (χ0v) is 17.1. The molecule has 0 radical (unpaired) electrons.